The van der Waals surface area contributed by atoms with E-state index in [0.717, 1.165) is 0 Å². The minimum Gasteiger partial charge on any atom is -0.225 e. The Labute approximate surface area is 71.5 Å². The van der Waals surface area contributed by atoms with Crippen LogP contribution in [0.15, 0.2) is 0 Å². The van der Waals surface area contributed by atoms with Crippen molar-refractivity contribution in [3.8, 4) is 0 Å². The van der Waals surface area contributed by atoms with Crippen molar-refractivity contribution in [1.29, 1.82) is 0 Å². The highest BCUT2D eigenvalue weighted by Gasteiger charge is 2.70. The molecule has 1 atom stereocenters. The number of thiol groups is 1. The zero-order valence-corrected chi connectivity index (χ0v) is 6.85. The van der Waals surface area contributed by atoms with Crippen molar-refractivity contribution in [1.82, 2.24) is 0 Å². The molecule has 0 heterocycles. The second-order valence-electron chi connectivity index (χ2n) is 2.89. The monoisotopic (exact) mass is 206 g/mol. The third-order valence-electron chi connectivity index (χ3n) is 1.94. The van der Waals surface area contributed by atoms with Crippen LogP contribution < -0.4 is 0 Å². The number of rotatable bonds is 0. The molecule has 1 aliphatic rings. The lowest BCUT2D eigenvalue weighted by Gasteiger charge is -2.39. The van der Waals surface area contributed by atoms with E-state index < -0.39 is 29.7 Å². The maximum absolute atomic E-state index is 12.8. The highest BCUT2D eigenvalue weighted by Crippen LogP contribution is 2.54. The second-order valence-corrected chi connectivity index (χ2v) is 3.60. The van der Waals surface area contributed by atoms with E-state index in [2.05, 4.69) is 12.6 Å². The maximum Gasteiger partial charge on any atom is 0.352 e. The van der Waals surface area contributed by atoms with E-state index in [1.807, 2.05) is 0 Å². The van der Waals surface area contributed by atoms with Gasteiger partial charge in [0.25, 0.3) is 0 Å². The lowest BCUT2D eigenvalue weighted by molar-refractivity contribution is -0.266. The van der Waals surface area contributed by atoms with Gasteiger partial charge in [-0.25, -0.2) is 4.39 Å². The molecule has 12 heavy (non-hydrogen) atoms. The summed E-state index contributed by atoms with van der Waals surface area (Å²) < 4.78 is 62.8. The summed E-state index contributed by atoms with van der Waals surface area (Å²) >= 11 is 2.92. The highest BCUT2D eigenvalue weighted by atomic mass is 32.1. The summed E-state index contributed by atoms with van der Waals surface area (Å²) in [5, 5.41) is -3.38. The molecule has 0 radical (unpaired) electrons. The van der Waals surface area contributed by atoms with Crippen molar-refractivity contribution in [2.75, 3.05) is 0 Å². The first kappa shape index (κ1) is 10.1. The van der Waals surface area contributed by atoms with Gasteiger partial charge in [0.05, 0.1) is 0 Å². The largest absolute Gasteiger partial charge is 0.352 e. The Balaban J connectivity index is 2.99. The summed E-state index contributed by atoms with van der Waals surface area (Å²) in [7, 11) is 0. The second kappa shape index (κ2) is 2.49. The quantitative estimate of drug-likeness (QED) is 0.457. The SMILES string of the molecule is FC1(F)CCCC(F)(S)C1(F)F. The average Bonchev–Trinajstić information content (AvgIpc) is 1.83. The fraction of sp³-hybridized carbons (Fsp3) is 1.00. The predicted molar refractivity (Wildman–Crippen MR) is 36.6 cm³/mol. The van der Waals surface area contributed by atoms with Gasteiger partial charge in [-0.05, 0) is 12.8 Å². The van der Waals surface area contributed by atoms with Crippen LogP contribution >= 0.6 is 12.6 Å². The van der Waals surface area contributed by atoms with Crippen LogP contribution in [0.2, 0.25) is 0 Å². The maximum atomic E-state index is 12.8. The fourth-order valence-corrected chi connectivity index (χ4v) is 1.46. The van der Waals surface area contributed by atoms with Crippen LogP contribution in [0.1, 0.15) is 19.3 Å². The molecule has 0 spiro atoms. The lowest BCUT2D eigenvalue weighted by Crippen LogP contribution is -2.56. The van der Waals surface area contributed by atoms with E-state index in [9.17, 15) is 22.0 Å². The van der Waals surface area contributed by atoms with E-state index in [0.29, 0.717) is 0 Å². The molecule has 0 amide bonds. The smallest absolute Gasteiger partial charge is 0.225 e. The Morgan fingerprint density at radius 3 is 1.75 bits per heavy atom. The molecule has 0 saturated heterocycles. The molecule has 1 fully saturated rings. The molecule has 0 aromatic heterocycles. The van der Waals surface area contributed by atoms with E-state index in [4.69, 9.17) is 0 Å². The van der Waals surface area contributed by atoms with Crippen LogP contribution in [-0.2, 0) is 0 Å². The fourth-order valence-electron chi connectivity index (χ4n) is 1.14. The molecule has 0 aromatic carbocycles. The van der Waals surface area contributed by atoms with Gasteiger partial charge < -0.3 is 0 Å². The summed E-state index contributed by atoms with van der Waals surface area (Å²) in [6, 6.07) is 0. The van der Waals surface area contributed by atoms with Crippen molar-refractivity contribution in [3.05, 3.63) is 0 Å². The van der Waals surface area contributed by atoms with E-state index in [-0.39, 0.29) is 6.42 Å². The summed E-state index contributed by atoms with van der Waals surface area (Å²) in [4.78, 5) is 0. The van der Waals surface area contributed by atoms with Gasteiger partial charge in [0.15, 0.2) is 0 Å². The molecule has 6 heteroatoms. The number of alkyl halides is 5. The molecular formula is C6H7F5S. The van der Waals surface area contributed by atoms with E-state index in [1.165, 1.54) is 0 Å². The number of hydrogen-bond acceptors (Lipinski definition) is 1. The van der Waals surface area contributed by atoms with Crippen molar-refractivity contribution >= 4 is 12.6 Å². The standard InChI is InChI=1S/C6H7F5S/c7-4(8)2-1-3-5(9,12)6(4,10)11/h12H,1-3H2. The third kappa shape index (κ3) is 1.20. The van der Waals surface area contributed by atoms with Crippen LogP contribution in [0.3, 0.4) is 0 Å². The Bertz CT molecular complexity index is 170. The molecule has 0 N–H and O–H groups in total. The van der Waals surface area contributed by atoms with Gasteiger partial charge >= 0.3 is 11.8 Å². The van der Waals surface area contributed by atoms with Crippen LogP contribution in [-0.4, -0.2) is 16.8 Å². The first-order valence-electron chi connectivity index (χ1n) is 3.38. The molecular weight excluding hydrogens is 199 g/mol. The molecule has 1 saturated carbocycles. The highest BCUT2D eigenvalue weighted by molar-refractivity contribution is 7.81. The van der Waals surface area contributed by atoms with Crippen LogP contribution in [0.25, 0.3) is 0 Å². The van der Waals surface area contributed by atoms with Gasteiger partial charge in [-0.1, -0.05) is 0 Å². The first-order chi connectivity index (χ1) is 5.21. The number of hydrogen-bond donors (Lipinski definition) is 1. The van der Waals surface area contributed by atoms with Gasteiger partial charge in [0.2, 0.25) is 5.00 Å². The van der Waals surface area contributed by atoms with Crippen molar-refractivity contribution in [2.24, 2.45) is 0 Å². The number of halogens is 5. The minimum atomic E-state index is -4.67. The van der Waals surface area contributed by atoms with E-state index >= 15 is 0 Å². The zero-order chi connectivity index (χ0) is 9.62. The average molecular weight is 206 g/mol. The molecule has 0 aliphatic heterocycles. The van der Waals surface area contributed by atoms with Gasteiger partial charge in [0, 0.05) is 6.42 Å². The third-order valence-corrected chi connectivity index (χ3v) is 2.44. The van der Waals surface area contributed by atoms with Crippen LogP contribution in [0, 0.1) is 0 Å². The zero-order valence-electron chi connectivity index (χ0n) is 5.96. The van der Waals surface area contributed by atoms with Gasteiger partial charge in [0.1, 0.15) is 0 Å². The molecule has 1 rings (SSSR count). The Kier molecular flexibility index (Phi) is 2.10. The van der Waals surface area contributed by atoms with Crippen molar-refractivity contribution < 1.29 is 22.0 Å². The first-order valence-corrected chi connectivity index (χ1v) is 3.82. The Morgan fingerprint density at radius 2 is 1.42 bits per heavy atom. The van der Waals surface area contributed by atoms with Crippen molar-refractivity contribution in [3.63, 3.8) is 0 Å². The topological polar surface area (TPSA) is 0 Å². The van der Waals surface area contributed by atoms with Gasteiger partial charge in [-0.2, -0.15) is 17.6 Å². The molecule has 1 unspecified atom stereocenters. The molecule has 0 bridgehead atoms. The van der Waals surface area contributed by atoms with E-state index in [1.54, 1.807) is 0 Å². The lowest BCUT2D eigenvalue weighted by atomic mass is 9.90. The summed E-state index contributed by atoms with van der Waals surface area (Å²) in [6.07, 6.45) is -1.90. The summed E-state index contributed by atoms with van der Waals surface area (Å²) in [5.41, 5.74) is 0. The molecule has 0 aromatic rings. The predicted octanol–water partition coefficient (Wildman–Crippen LogP) is 3.04. The van der Waals surface area contributed by atoms with Crippen molar-refractivity contribution in [2.45, 2.75) is 36.1 Å². The van der Waals surface area contributed by atoms with Gasteiger partial charge in [-0.15, -0.1) is 12.6 Å². The summed E-state index contributed by atoms with van der Waals surface area (Å²) in [6.45, 7) is 0. The van der Waals surface area contributed by atoms with Crippen LogP contribution in [0.4, 0.5) is 22.0 Å². The Morgan fingerprint density at radius 1 is 0.917 bits per heavy atom. The minimum absolute atomic E-state index is 0.275. The molecule has 72 valence electrons. The molecule has 1 aliphatic carbocycles. The summed E-state index contributed by atoms with van der Waals surface area (Å²) in [5.74, 6) is -8.94. The normalized spacial score (nSPS) is 39.5. The molecule has 0 nitrogen and oxygen atoms in total. The Hall–Kier alpha value is -0.0000000000000000555. The van der Waals surface area contributed by atoms with Gasteiger partial charge in [-0.3, -0.25) is 0 Å². The van der Waals surface area contributed by atoms with Crippen LogP contribution in [0.5, 0.6) is 0 Å².